The maximum absolute atomic E-state index is 13.6. The fraction of sp³-hybridized carbons (Fsp3) is 0.188. The smallest absolute Gasteiger partial charge is 0.226 e. The molecule has 2 rings (SSSR count). The number of carbonyl (C=O) groups excluding carboxylic acids is 1. The van der Waals surface area contributed by atoms with Gasteiger partial charge in [0.2, 0.25) is 5.91 Å². The Balaban J connectivity index is 1.91. The highest BCUT2D eigenvalue weighted by molar-refractivity contribution is 9.10. The molecular formula is C16H14BrF3N2O. The van der Waals surface area contributed by atoms with Gasteiger partial charge in [-0.25, -0.2) is 13.2 Å². The molecule has 3 nitrogen and oxygen atoms in total. The standard InChI is InChI=1S/C16H14BrF3N2O/c1-22(11-3-4-12(18)13(19)9-11)7-6-16(23)21-15-5-2-10(17)8-14(15)20/h2-5,8-9H,6-7H2,1H3,(H,21,23). The summed E-state index contributed by atoms with van der Waals surface area (Å²) in [6.07, 6.45) is 0.0744. The summed E-state index contributed by atoms with van der Waals surface area (Å²) in [6, 6.07) is 7.83. The average Bonchev–Trinajstić information content (AvgIpc) is 2.50. The molecule has 0 aliphatic carbocycles. The van der Waals surface area contributed by atoms with Crippen LogP contribution in [-0.4, -0.2) is 19.5 Å². The minimum Gasteiger partial charge on any atom is -0.374 e. The second kappa shape index (κ2) is 7.50. The first-order chi connectivity index (χ1) is 10.9. The van der Waals surface area contributed by atoms with Gasteiger partial charge < -0.3 is 10.2 Å². The van der Waals surface area contributed by atoms with Crippen LogP contribution >= 0.6 is 15.9 Å². The molecule has 1 N–H and O–H groups in total. The van der Waals surface area contributed by atoms with Gasteiger partial charge in [-0.3, -0.25) is 4.79 Å². The molecule has 0 aliphatic rings. The van der Waals surface area contributed by atoms with Crippen LogP contribution in [0.1, 0.15) is 6.42 Å². The number of benzene rings is 2. The van der Waals surface area contributed by atoms with Crippen molar-refractivity contribution < 1.29 is 18.0 Å². The molecule has 122 valence electrons. The molecule has 7 heteroatoms. The first kappa shape index (κ1) is 17.3. The van der Waals surface area contributed by atoms with Crippen LogP contribution in [-0.2, 0) is 4.79 Å². The molecule has 2 aromatic carbocycles. The zero-order chi connectivity index (χ0) is 17.0. The Hall–Kier alpha value is -2.02. The Kier molecular flexibility index (Phi) is 5.65. The SMILES string of the molecule is CN(CCC(=O)Nc1ccc(Br)cc1F)c1ccc(F)c(F)c1. The molecule has 0 atom stereocenters. The van der Waals surface area contributed by atoms with Gasteiger partial charge in [0.15, 0.2) is 11.6 Å². The summed E-state index contributed by atoms with van der Waals surface area (Å²) in [5, 5.41) is 2.47. The molecule has 0 radical (unpaired) electrons. The van der Waals surface area contributed by atoms with Gasteiger partial charge in [0.25, 0.3) is 0 Å². The van der Waals surface area contributed by atoms with Crippen LogP contribution in [0, 0.1) is 17.5 Å². The van der Waals surface area contributed by atoms with E-state index in [0.717, 1.165) is 12.1 Å². The average molecular weight is 387 g/mol. The Morgan fingerprint density at radius 2 is 1.83 bits per heavy atom. The fourth-order valence-electron chi connectivity index (χ4n) is 1.92. The predicted molar refractivity (Wildman–Crippen MR) is 87.0 cm³/mol. The van der Waals surface area contributed by atoms with Crippen molar-refractivity contribution in [3.8, 4) is 0 Å². The fourth-order valence-corrected chi connectivity index (χ4v) is 2.26. The van der Waals surface area contributed by atoms with Crippen LogP contribution in [0.5, 0.6) is 0 Å². The van der Waals surface area contributed by atoms with E-state index < -0.39 is 17.5 Å². The third-order valence-electron chi connectivity index (χ3n) is 3.22. The second-order valence-corrected chi connectivity index (χ2v) is 5.86. The molecule has 0 saturated carbocycles. The second-order valence-electron chi connectivity index (χ2n) is 4.94. The molecule has 0 unspecified atom stereocenters. The molecule has 0 heterocycles. The molecule has 0 spiro atoms. The van der Waals surface area contributed by atoms with E-state index in [1.807, 2.05) is 0 Å². The first-order valence-electron chi connectivity index (χ1n) is 6.78. The van der Waals surface area contributed by atoms with Crippen LogP contribution in [0.4, 0.5) is 24.5 Å². The molecule has 1 amide bonds. The lowest BCUT2D eigenvalue weighted by Gasteiger charge is -2.19. The van der Waals surface area contributed by atoms with Crippen LogP contribution < -0.4 is 10.2 Å². The van der Waals surface area contributed by atoms with Gasteiger partial charge in [-0.2, -0.15) is 0 Å². The molecule has 0 fully saturated rings. The normalized spacial score (nSPS) is 10.5. The van der Waals surface area contributed by atoms with Crippen molar-refractivity contribution in [1.29, 1.82) is 0 Å². The van der Waals surface area contributed by atoms with Crippen molar-refractivity contribution in [3.63, 3.8) is 0 Å². The van der Waals surface area contributed by atoms with Gasteiger partial charge in [0.1, 0.15) is 5.82 Å². The molecule has 23 heavy (non-hydrogen) atoms. The molecule has 2 aromatic rings. The number of halogens is 4. The Morgan fingerprint density at radius 3 is 2.48 bits per heavy atom. The number of nitrogens with zero attached hydrogens (tertiary/aromatic N) is 1. The van der Waals surface area contributed by atoms with Gasteiger partial charge in [0, 0.05) is 36.2 Å². The van der Waals surface area contributed by atoms with Gasteiger partial charge in [-0.05, 0) is 30.3 Å². The van der Waals surface area contributed by atoms with E-state index in [2.05, 4.69) is 21.2 Å². The minimum absolute atomic E-state index is 0.0744. The van der Waals surface area contributed by atoms with Crippen LogP contribution in [0.25, 0.3) is 0 Å². The summed E-state index contributed by atoms with van der Waals surface area (Å²) in [5.74, 6) is -2.79. The third-order valence-corrected chi connectivity index (χ3v) is 3.72. The van der Waals surface area contributed by atoms with Crippen molar-refractivity contribution >= 4 is 33.2 Å². The molecule has 0 aliphatic heterocycles. The summed E-state index contributed by atoms with van der Waals surface area (Å²) in [6.45, 7) is 0.273. The van der Waals surface area contributed by atoms with Gasteiger partial charge >= 0.3 is 0 Å². The van der Waals surface area contributed by atoms with E-state index in [0.29, 0.717) is 10.2 Å². The Labute approximate surface area is 140 Å². The highest BCUT2D eigenvalue weighted by Crippen LogP contribution is 2.20. The van der Waals surface area contributed by atoms with Crippen molar-refractivity contribution in [1.82, 2.24) is 0 Å². The monoisotopic (exact) mass is 386 g/mol. The molecule has 0 saturated heterocycles. The van der Waals surface area contributed by atoms with Crippen molar-refractivity contribution in [2.75, 3.05) is 23.8 Å². The van der Waals surface area contributed by atoms with Crippen molar-refractivity contribution in [2.45, 2.75) is 6.42 Å². The maximum atomic E-state index is 13.6. The number of rotatable bonds is 5. The van der Waals surface area contributed by atoms with E-state index in [9.17, 15) is 18.0 Å². The molecule has 0 aromatic heterocycles. The first-order valence-corrected chi connectivity index (χ1v) is 7.57. The van der Waals surface area contributed by atoms with Crippen LogP contribution in [0.15, 0.2) is 40.9 Å². The molecule has 0 bridgehead atoms. The highest BCUT2D eigenvalue weighted by atomic mass is 79.9. The number of anilines is 2. The Morgan fingerprint density at radius 1 is 1.09 bits per heavy atom. The molecular weight excluding hydrogens is 373 g/mol. The number of hydrogen-bond donors (Lipinski definition) is 1. The van der Waals surface area contributed by atoms with E-state index in [1.54, 1.807) is 18.0 Å². The third kappa shape index (κ3) is 4.72. The summed E-state index contributed by atoms with van der Waals surface area (Å²) in [5.41, 5.74) is 0.542. The van der Waals surface area contributed by atoms with E-state index >= 15 is 0 Å². The zero-order valence-electron chi connectivity index (χ0n) is 12.2. The zero-order valence-corrected chi connectivity index (χ0v) is 13.8. The number of nitrogens with one attached hydrogen (secondary N) is 1. The predicted octanol–water partition coefficient (Wildman–Crippen LogP) is 4.33. The van der Waals surface area contributed by atoms with Crippen molar-refractivity contribution in [3.05, 3.63) is 58.3 Å². The lowest BCUT2D eigenvalue weighted by Crippen LogP contribution is -2.24. The summed E-state index contributed by atoms with van der Waals surface area (Å²) in [4.78, 5) is 13.5. The highest BCUT2D eigenvalue weighted by Gasteiger charge is 2.10. The minimum atomic E-state index is -0.948. The Bertz CT molecular complexity index is 724. The lowest BCUT2D eigenvalue weighted by atomic mass is 10.2. The van der Waals surface area contributed by atoms with Gasteiger partial charge in [-0.15, -0.1) is 0 Å². The number of hydrogen-bond acceptors (Lipinski definition) is 2. The summed E-state index contributed by atoms with van der Waals surface area (Å²) >= 11 is 3.13. The van der Waals surface area contributed by atoms with E-state index in [4.69, 9.17) is 0 Å². The largest absolute Gasteiger partial charge is 0.374 e. The van der Waals surface area contributed by atoms with Gasteiger partial charge in [0.05, 0.1) is 5.69 Å². The van der Waals surface area contributed by atoms with Crippen molar-refractivity contribution in [2.24, 2.45) is 0 Å². The maximum Gasteiger partial charge on any atom is 0.226 e. The van der Waals surface area contributed by atoms with E-state index in [-0.39, 0.29) is 24.6 Å². The topological polar surface area (TPSA) is 32.3 Å². The van der Waals surface area contributed by atoms with E-state index in [1.165, 1.54) is 18.2 Å². The summed E-state index contributed by atoms with van der Waals surface area (Å²) in [7, 11) is 1.65. The number of amides is 1. The summed E-state index contributed by atoms with van der Waals surface area (Å²) < 4.78 is 40.3. The van der Waals surface area contributed by atoms with Crippen LogP contribution in [0.3, 0.4) is 0 Å². The quantitative estimate of drug-likeness (QED) is 0.829. The van der Waals surface area contributed by atoms with Crippen LogP contribution in [0.2, 0.25) is 0 Å². The lowest BCUT2D eigenvalue weighted by molar-refractivity contribution is -0.116. The number of carbonyl (C=O) groups is 1. The van der Waals surface area contributed by atoms with Gasteiger partial charge in [-0.1, -0.05) is 15.9 Å².